The predicted octanol–water partition coefficient (Wildman–Crippen LogP) is 4.17. The van der Waals surface area contributed by atoms with Crippen molar-refractivity contribution in [1.82, 2.24) is 4.90 Å². The number of rotatable bonds is 3. The number of hydrogen-bond acceptors (Lipinski definition) is 2. The summed E-state index contributed by atoms with van der Waals surface area (Å²) in [5.41, 5.74) is 1.08. The van der Waals surface area contributed by atoms with Crippen LogP contribution in [0.1, 0.15) is 5.56 Å². The Labute approximate surface area is 116 Å². The van der Waals surface area contributed by atoms with Gasteiger partial charge in [-0.3, -0.25) is 4.79 Å². The van der Waals surface area contributed by atoms with E-state index in [1.807, 2.05) is 30.3 Å². The van der Waals surface area contributed by atoms with Gasteiger partial charge in [-0.05, 0) is 41.6 Å². The van der Waals surface area contributed by atoms with Crippen molar-refractivity contribution < 1.29 is 9.18 Å². The van der Waals surface area contributed by atoms with Crippen molar-refractivity contribution in [2.24, 2.45) is 0 Å². The fourth-order valence-electron chi connectivity index (χ4n) is 1.60. The molecule has 98 valence electrons. The van der Waals surface area contributed by atoms with Gasteiger partial charge >= 0.3 is 0 Å². The summed E-state index contributed by atoms with van der Waals surface area (Å²) >= 11 is 1.10. The Balaban J connectivity index is 1.94. The van der Waals surface area contributed by atoms with E-state index >= 15 is 0 Å². The van der Waals surface area contributed by atoms with E-state index in [0.717, 1.165) is 22.2 Å². The lowest BCUT2D eigenvalue weighted by molar-refractivity contribution is 0.232. The van der Waals surface area contributed by atoms with E-state index in [9.17, 15) is 9.18 Å². The second-order valence-corrected chi connectivity index (χ2v) is 5.19. The molecule has 0 spiro atoms. The van der Waals surface area contributed by atoms with Gasteiger partial charge in [0.1, 0.15) is 5.82 Å². The summed E-state index contributed by atoms with van der Waals surface area (Å²) < 4.78 is 12.8. The van der Waals surface area contributed by atoms with Crippen LogP contribution in [-0.2, 0) is 6.54 Å². The zero-order chi connectivity index (χ0) is 13.7. The third kappa shape index (κ3) is 4.10. The molecule has 0 atom stereocenters. The molecule has 2 aromatic rings. The molecule has 4 heteroatoms. The number of carbonyl (C=O) groups is 1. The van der Waals surface area contributed by atoms with Crippen LogP contribution in [-0.4, -0.2) is 17.2 Å². The van der Waals surface area contributed by atoms with Gasteiger partial charge in [0, 0.05) is 18.5 Å². The molecule has 0 saturated carbocycles. The van der Waals surface area contributed by atoms with Crippen molar-refractivity contribution in [2.45, 2.75) is 11.4 Å². The molecule has 2 nitrogen and oxygen atoms in total. The van der Waals surface area contributed by atoms with Gasteiger partial charge in [0.15, 0.2) is 0 Å². The Hall–Kier alpha value is -1.81. The topological polar surface area (TPSA) is 20.3 Å². The molecular weight excluding hydrogens is 261 g/mol. The second-order valence-electron chi connectivity index (χ2n) is 4.16. The Bertz CT molecular complexity index is 542. The average Bonchev–Trinajstić information content (AvgIpc) is 2.42. The predicted molar refractivity (Wildman–Crippen MR) is 75.6 cm³/mol. The zero-order valence-electron chi connectivity index (χ0n) is 10.5. The fourth-order valence-corrected chi connectivity index (χ4v) is 2.30. The first-order valence-electron chi connectivity index (χ1n) is 5.87. The van der Waals surface area contributed by atoms with Gasteiger partial charge in [0.05, 0.1) is 0 Å². The van der Waals surface area contributed by atoms with E-state index in [4.69, 9.17) is 0 Å². The Morgan fingerprint density at radius 2 is 1.74 bits per heavy atom. The third-order valence-corrected chi connectivity index (χ3v) is 3.59. The standard InChI is InChI=1S/C15H14FNOS/c1-17(11-12-5-3-2-4-6-12)15(18)19-14-9-7-13(16)8-10-14/h2-10H,11H2,1H3. The molecule has 2 aromatic carbocycles. The van der Waals surface area contributed by atoms with Gasteiger partial charge in [-0.1, -0.05) is 30.3 Å². The highest BCUT2D eigenvalue weighted by Crippen LogP contribution is 2.21. The lowest BCUT2D eigenvalue weighted by atomic mass is 10.2. The van der Waals surface area contributed by atoms with E-state index in [2.05, 4.69) is 0 Å². The van der Waals surface area contributed by atoms with Gasteiger partial charge in [-0.25, -0.2) is 4.39 Å². The molecule has 0 N–H and O–H groups in total. The van der Waals surface area contributed by atoms with Crippen molar-refractivity contribution in [3.63, 3.8) is 0 Å². The quantitative estimate of drug-likeness (QED) is 0.784. The average molecular weight is 275 g/mol. The van der Waals surface area contributed by atoms with E-state index in [0.29, 0.717) is 6.54 Å². The number of benzene rings is 2. The molecule has 0 aliphatic rings. The molecule has 0 aliphatic heterocycles. The fraction of sp³-hybridized carbons (Fsp3) is 0.133. The summed E-state index contributed by atoms with van der Waals surface area (Å²) in [4.78, 5) is 14.4. The van der Waals surface area contributed by atoms with Crippen molar-refractivity contribution in [3.8, 4) is 0 Å². The summed E-state index contributed by atoms with van der Waals surface area (Å²) in [6, 6.07) is 15.7. The number of carbonyl (C=O) groups excluding carboxylic acids is 1. The molecule has 0 saturated heterocycles. The first kappa shape index (κ1) is 13.6. The van der Waals surface area contributed by atoms with Gasteiger partial charge < -0.3 is 4.90 Å². The minimum atomic E-state index is -0.297. The number of thioether (sulfide) groups is 1. The smallest absolute Gasteiger partial charge is 0.286 e. The summed E-state index contributed by atoms with van der Waals surface area (Å²) in [6.45, 7) is 0.563. The Morgan fingerprint density at radius 1 is 1.11 bits per heavy atom. The van der Waals surface area contributed by atoms with Gasteiger partial charge in [-0.2, -0.15) is 0 Å². The molecular formula is C15H14FNOS. The monoisotopic (exact) mass is 275 g/mol. The van der Waals surface area contributed by atoms with Crippen LogP contribution in [0.4, 0.5) is 9.18 Å². The van der Waals surface area contributed by atoms with Crippen molar-refractivity contribution in [1.29, 1.82) is 0 Å². The molecule has 19 heavy (non-hydrogen) atoms. The number of halogens is 1. The van der Waals surface area contributed by atoms with Crippen LogP contribution in [0.2, 0.25) is 0 Å². The molecule has 0 radical (unpaired) electrons. The molecule has 1 amide bonds. The maximum absolute atomic E-state index is 12.8. The van der Waals surface area contributed by atoms with E-state index in [1.165, 1.54) is 12.1 Å². The minimum Gasteiger partial charge on any atom is -0.332 e. The van der Waals surface area contributed by atoms with E-state index < -0.39 is 0 Å². The molecule has 0 aromatic heterocycles. The first-order valence-corrected chi connectivity index (χ1v) is 6.69. The number of amides is 1. The van der Waals surface area contributed by atoms with Crippen molar-refractivity contribution >= 4 is 17.0 Å². The highest BCUT2D eigenvalue weighted by molar-refractivity contribution is 8.13. The highest BCUT2D eigenvalue weighted by Gasteiger charge is 2.11. The van der Waals surface area contributed by atoms with Crippen LogP contribution in [0.3, 0.4) is 0 Å². The molecule has 0 heterocycles. The molecule has 0 bridgehead atoms. The van der Waals surface area contributed by atoms with Crippen LogP contribution >= 0.6 is 11.8 Å². The lowest BCUT2D eigenvalue weighted by Crippen LogP contribution is -2.21. The molecule has 0 unspecified atom stereocenters. The summed E-state index contributed by atoms with van der Waals surface area (Å²) in [5, 5.41) is -0.0598. The summed E-state index contributed by atoms with van der Waals surface area (Å²) in [5.74, 6) is -0.297. The first-order chi connectivity index (χ1) is 9.15. The highest BCUT2D eigenvalue weighted by atomic mass is 32.2. The number of nitrogens with zero attached hydrogens (tertiary/aromatic N) is 1. The van der Waals surface area contributed by atoms with Crippen LogP contribution in [0, 0.1) is 5.82 Å². The van der Waals surface area contributed by atoms with Crippen LogP contribution in [0.5, 0.6) is 0 Å². The minimum absolute atomic E-state index is 0.0598. The molecule has 2 rings (SSSR count). The second kappa shape index (κ2) is 6.38. The molecule has 0 fully saturated rings. The van der Waals surface area contributed by atoms with Crippen LogP contribution in [0.25, 0.3) is 0 Å². The summed E-state index contributed by atoms with van der Waals surface area (Å²) in [7, 11) is 1.76. The van der Waals surface area contributed by atoms with E-state index in [-0.39, 0.29) is 11.1 Å². The maximum Gasteiger partial charge on any atom is 0.286 e. The Morgan fingerprint density at radius 3 is 2.37 bits per heavy atom. The van der Waals surface area contributed by atoms with Crippen molar-refractivity contribution in [2.75, 3.05) is 7.05 Å². The maximum atomic E-state index is 12.8. The van der Waals surface area contributed by atoms with Gasteiger partial charge in [0.2, 0.25) is 0 Å². The molecule has 0 aliphatic carbocycles. The van der Waals surface area contributed by atoms with Gasteiger partial charge in [-0.15, -0.1) is 0 Å². The SMILES string of the molecule is CN(Cc1ccccc1)C(=O)Sc1ccc(F)cc1. The van der Waals surface area contributed by atoms with Crippen molar-refractivity contribution in [3.05, 3.63) is 66.0 Å². The van der Waals surface area contributed by atoms with Gasteiger partial charge in [0.25, 0.3) is 5.24 Å². The Kier molecular flexibility index (Phi) is 4.58. The normalized spacial score (nSPS) is 10.2. The van der Waals surface area contributed by atoms with Crippen LogP contribution < -0.4 is 0 Å². The van der Waals surface area contributed by atoms with Crippen LogP contribution in [0.15, 0.2) is 59.5 Å². The third-order valence-electron chi connectivity index (χ3n) is 2.59. The van der Waals surface area contributed by atoms with E-state index in [1.54, 1.807) is 24.1 Å². The zero-order valence-corrected chi connectivity index (χ0v) is 11.4. The largest absolute Gasteiger partial charge is 0.332 e. The number of hydrogen-bond donors (Lipinski definition) is 0. The summed E-state index contributed by atoms with van der Waals surface area (Å²) in [6.07, 6.45) is 0. The lowest BCUT2D eigenvalue weighted by Gasteiger charge is -2.16.